The number of amides is 1. The Morgan fingerprint density at radius 3 is 2.50 bits per heavy atom. The molecular formula is C14H15NO3. The third-order valence-electron chi connectivity index (χ3n) is 3.75. The number of primary amides is 1. The van der Waals surface area contributed by atoms with E-state index in [1.54, 1.807) is 31.2 Å². The van der Waals surface area contributed by atoms with Crippen LogP contribution in [-0.4, -0.2) is 17.5 Å². The second-order valence-electron chi connectivity index (χ2n) is 4.97. The van der Waals surface area contributed by atoms with Gasteiger partial charge in [-0.2, -0.15) is 0 Å². The normalized spacial score (nSPS) is 26.6. The summed E-state index contributed by atoms with van der Waals surface area (Å²) in [5.74, 6) is -1.70. The van der Waals surface area contributed by atoms with Gasteiger partial charge >= 0.3 is 0 Å². The molecule has 94 valence electrons. The van der Waals surface area contributed by atoms with Crippen LogP contribution in [0.5, 0.6) is 0 Å². The smallest absolute Gasteiger partial charge is 0.227 e. The standard InChI is InChI=1S/C14H15NO3/c1-8(16)10-7-14(2,13(15)18)11-6-4-3-5-9(11)12(10)17/h3-6,10H,7H2,1-2H3,(H2,15,18). The molecule has 1 aliphatic carbocycles. The number of ketones is 2. The van der Waals surface area contributed by atoms with Crippen LogP contribution in [0, 0.1) is 5.92 Å². The van der Waals surface area contributed by atoms with Crippen LogP contribution in [0.4, 0.5) is 0 Å². The SMILES string of the molecule is CC(=O)C1CC(C)(C(N)=O)c2ccccc2C1=O. The fraction of sp³-hybridized carbons (Fsp3) is 0.357. The molecule has 0 bridgehead atoms. The summed E-state index contributed by atoms with van der Waals surface area (Å²) in [6.07, 6.45) is 0.160. The summed E-state index contributed by atoms with van der Waals surface area (Å²) in [6.45, 7) is 3.06. The van der Waals surface area contributed by atoms with Crippen molar-refractivity contribution in [1.29, 1.82) is 0 Å². The number of rotatable bonds is 2. The molecule has 2 N–H and O–H groups in total. The average Bonchev–Trinajstić information content (AvgIpc) is 2.33. The van der Waals surface area contributed by atoms with E-state index in [1.165, 1.54) is 6.92 Å². The molecule has 0 spiro atoms. The van der Waals surface area contributed by atoms with Gasteiger partial charge in [0.25, 0.3) is 0 Å². The highest BCUT2D eigenvalue weighted by molar-refractivity contribution is 6.13. The lowest BCUT2D eigenvalue weighted by Crippen LogP contribution is -2.47. The van der Waals surface area contributed by atoms with Gasteiger partial charge in [-0.25, -0.2) is 0 Å². The molecule has 2 unspecified atom stereocenters. The van der Waals surface area contributed by atoms with Gasteiger partial charge in [0.1, 0.15) is 5.78 Å². The molecule has 0 fully saturated rings. The minimum absolute atomic E-state index is 0.160. The van der Waals surface area contributed by atoms with E-state index in [-0.39, 0.29) is 18.0 Å². The van der Waals surface area contributed by atoms with Crippen LogP contribution in [0.15, 0.2) is 24.3 Å². The number of hydrogen-bond acceptors (Lipinski definition) is 3. The number of Topliss-reactive ketones (excluding diaryl/α,β-unsaturated/α-hetero) is 2. The Balaban J connectivity index is 2.66. The van der Waals surface area contributed by atoms with E-state index in [2.05, 4.69) is 0 Å². The maximum Gasteiger partial charge on any atom is 0.227 e. The number of hydrogen-bond donors (Lipinski definition) is 1. The van der Waals surface area contributed by atoms with E-state index in [9.17, 15) is 14.4 Å². The summed E-state index contributed by atoms with van der Waals surface area (Å²) in [7, 11) is 0. The Morgan fingerprint density at radius 2 is 1.94 bits per heavy atom. The summed E-state index contributed by atoms with van der Waals surface area (Å²) in [4.78, 5) is 35.5. The summed E-state index contributed by atoms with van der Waals surface area (Å²) >= 11 is 0. The lowest BCUT2D eigenvalue weighted by Gasteiger charge is -2.35. The average molecular weight is 245 g/mol. The van der Waals surface area contributed by atoms with Gasteiger partial charge in [-0.3, -0.25) is 14.4 Å². The molecule has 0 radical (unpaired) electrons. The van der Waals surface area contributed by atoms with Gasteiger partial charge in [0, 0.05) is 5.56 Å². The number of nitrogens with two attached hydrogens (primary N) is 1. The first-order valence-corrected chi connectivity index (χ1v) is 5.82. The van der Waals surface area contributed by atoms with Gasteiger partial charge in [-0.05, 0) is 25.8 Å². The van der Waals surface area contributed by atoms with E-state index in [4.69, 9.17) is 5.73 Å². The van der Waals surface area contributed by atoms with E-state index in [1.807, 2.05) is 0 Å². The number of fused-ring (bicyclic) bond motifs is 1. The van der Waals surface area contributed by atoms with E-state index in [0.29, 0.717) is 11.1 Å². The summed E-state index contributed by atoms with van der Waals surface area (Å²) in [5.41, 5.74) is 5.57. The molecule has 18 heavy (non-hydrogen) atoms. The lowest BCUT2D eigenvalue weighted by atomic mass is 9.65. The van der Waals surface area contributed by atoms with Crippen molar-refractivity contribution in [3.05, 3.63) is 35.4 Å². The van der Waals surface area contributed by atoms with Gasteiger partial charge in [0.2, 0.25) is 5.91 Å². The molecule has 0 saturated heterocycles. The van der Waals surface area contributed by atoms with Crippen LogP contribution in [0.3, 0.4) is 0 Å². The Hall–Kier alpha value is -1.97. The Labute approximate surface area is 105 Å². The molecule has 0 heterocycles. The first-order chi connectivity index (χ1) is 8.38. The molecular weight excluding hydrogens is 230 g/mol. The van der Waals surface area contributed by atoms with Crippen LogP contribution in [-0.2, 0) is 15.0 Å². The monoisotopic (exact) mass is 245 g/mol. The second kappa shape index (κ2) is 4.05. The molecule has 4 heteroatoms. The van der Waals surface area contributed by atoms with Crippen molar-refractivity contribution < 1.29 is 14.4 Å². The third-order valence-corrected chi connectivity index (χ3v) is 3.75. The Bertz CT molecular complexity index is 550. The van der Waals surface area contributed by atoms with E-state index >= 15 is 0 Å². The second-order valence-corrected chi connectivity index (χ2v) is 4.97. The van der Waals surface area contributed by atoms with Crippen LogP contribution in [0.2, 0.25) is 0 Å². The van der Waals surface area contributed by atoms with E-state index in [0.717, 1.165) is 0 Å². The fourth-order valence-corrected chi connectivity index (χ4v) is 2.54. The zero-order valence-electron chi connectivity index (χ0n) is 10.4. The first-order valence-electron chi connectivity index (χ1n) is 5.82. The first kappa shape index (κ1) is 12.5. The molecule has 1 aliphatic rings. The van der Waals surface area contributed by atoms with Crippen molar-refractivity contribution >= 4 is 17.5 Å². The quantitative estimate of drug-likeness (QED) is 0.796. The largest absolute Gasteiger partial charge is 0.369 e. The van der Waals surface area contributed by atoms with Crippen LogP contribution < -0.4 is 5.73 Å². The molecule has 1 aromatic carbocycles. The zero-order chi connectivity index (χ0) is 13.5. The highest BCUT2D eigenvalue weighted by Crippen LogP contribution is 2.39. The minimum Gasteiger partial charge on any atom is -0.369 e. The predicted octanol–water partition coefficient (Wildman–Crippen LogP) is 1.22. The summed E-state index contributed by atoms with van der Waals surface area (Å²) in [5, 5.41) is 0. The van der Waals surface area contributed by atoms with Crippen LogP contribution >= 0.6 is 0 Å². The molecule has 0 aliphatic heterocycles. The van der Waals surface area contributed by atoms with Crippen molar-refractivity contribution in [1.82, 2.24) is 0 Å². The molecule has 1 aromatic rings. The Morgan fingerprint density at radius 1 is 1.33 bits per heavy atom. The number of carbonyl (C=O) groups is 3. The minimum atomic E-state index is -0.958. The van der Waals surface area contributed by atoms with E-state index < -0.39 is 17.2 Å². The number of benzene rings is 1. The summed E-state index contributed by atoms with van der Waals surface area (Å²) in [6, 6.07) is 6.87. The topological polar surface area (TPSA) is 77.2 Å². The molecule has 1 amide bonds. The third kappa shape index (κ3) is 1.65. The highest BCUT2D eigenvalue weighted by atomic mass is 16.2. The van der Waals surface area contributed by atoms with Crippen LogP contribution in [0.25, 0.3) is 0 Å². The lowest BCUT2D eigenvalue weighted by molar-refractivity contribution is -0.125. The van der Waals surface area contributed by atoms with Crippen LogP contribution in [0.1, 0.15) is 36.2 Å². The van der Waals surface area contributed by atoms with Gasteiger partial charge < -0.3 is 5.73 Å². The molecule has 0 aromatic heterocycles. The maximum atomic E-state index is 12.2. The van der Waals surface area contributed by atoms with Crippen molar-refractivity contribution in [2.24, 2.45) is 11.7 Å². The van der Waals surface area contributed by atoms with Crippen molar-refractivity contribution in [2.45, 2.75) is 25.7 Å². The maximum absolute atomic E-state index is 12.2. The molecule has 2 atom stereocenters. The van der Waals surface area contributed by atoms with Crippen molar-refractivity contribution in [2.75, 3.05) is 0 Å². The van der Waals surface area contributed by atoms with Crippen molar-refractivity contribution in [3.63, 3.8) is 0 Å². The molecule has 2 rings (SSSR count). The zero-order valence-corrected chi connectivity index (χ0v) is 10.4. The highest BCUT2D eigenvalue weighted by Gasteiger charge is 2.46. The van der Waals surface area contributed by atoms with Gasteiger partial charge in [0.05, 0.1) is 11.3 Å². The molecule has 4 nitrogen and oxygen atoms in total. The molecule has 0 saturated carbocycles. The summed E-state index contributed by atoms with van der Waals surface area (Å²) < 4.78 is 0. The van der Waals surface area contributed by atoms with Crippen molar-refractivity contribution in [3.8, 4) is 0 Å². The predicted molar refractivity (Wildman–Crippen MR) is 66.1 cm³/mol. The Kier molecular flexibility index (Phi) is 2.81. The number of carbonyl (C=O) groups excluding carboxylic acids is 3. The van der Waals surface area contributed by atoms with Gasteiger partial charge in [-0.1, -0.05) is 24.3 Å². The fourth-order valence-electron chi connectivity index (χ4n) is 2.54. The van der Waals surface area contributed by atoms with Gasteiger partial charge in [-0.15, -0.1) is 0 Å². The van der Waals surface area contributed by atoms with Gasteiger partial charge in [0.15, 0.2) is 5.78 Å².